The highest BCUT2D eigenvalue weighted by Crippen LogP contribution is 1.91. The maximum atomic E-state index is 10.0. The van der Waals surface area contributed by atoms with Crippen molar-refractivity contribution in [2.45, 2.75) is 0 Å². The van der Waals surface area contributed by atoms with E-state index in [0.29, 0.717) is 6.41 Å². The van der Waals surface area contributed by atoms with Crippen LogP contribution in [0.5, 0.6) is 0 Å². The Morgan fingerprint density at radius 3 is 1.92 bits per heavy atom. The second-order valence-electron chi connectivity index (χ2n) is 1.94. The highest BCUT2D eigenvalue weighted by atomic mass is 16.1. The summed E-state index contributed by atoms with van der Waals surface area (Å²) in [5, 5.41) is 2.25. The number of amides is 1. The predicted octanol–water partition coefficient (Wildman–Crippen LogP) is 0.861. The fourth-order valence-corrected chi connectivity index (χ4v) is 0.532. The zero-order valence-electron chi connectivity index (χ0n) is 6.86. The number of carbonyl (C=O) groups excluding carboxylic acids is 2. The lowest BCUT2D eigenvalue weighted by Gasteiger charge is -1.81. The van der Waals surface area contributed by atoms with Gasteiger partial charge in [0, 0.05) is 12.6 Å². The number of benzene rings is 1. The molecule has 0 aliphatic carbocycles. The van der Waals surface area contributed by atoms with Crippen LogP contribution in [0.4, 0.5) is 0 Å². The minimum atomic E-state index is 0.625. The molecule has 0 atom stereocenters. The lowest BCUT2D eigenvalue weighted by atomic mass is 10.2. The lowest BCUT2D eigenvalue weighted by Crippen LogP contribution is -1.98. The number of carbonyl (C=O) groups is 2. The van der Waals surface area contributed by atoms with E-state index in [0.717, 1.165) is 11.8 Å². The number of aldehydes is 1. The Labute approximate surface area is 71.4 Å². The Balaban J connectivity index is 0.000000261. The maximum Gasteiger partial charge on any atom is 0.206 e. The van der Waals surface area contributed by atoms with Crippen molar-refractivity contribution >= 4 is 12.7 Å². The first-order valence-electron chi connectivity index (χ1n) is 3.46. The monoisotopic (exact) mass is 165 g/mol. The van der Waals surface area contributed by atoms with Gasteiger partial charge in [-0.1, -0.05) is 30.3 Å². The second kappa shape index (κ2) is 7.47. The molecule has 3 heteroatoms. The molecule has 0 aliphatic heterocycles. The zero-order chi connectivity index (χ0) is 9.23. The van der Waals surface area contributed by atoms with Gasteiger partial charge >= 0.3 is 0 Å². The minimum absolute atomic E-state index is 0.625. The molecule has 0 spiro atoms. The molecule has 1 aromatic carbocycles. The van der Waals surface area contributed by atoms with Crippen LogP contribution < -0.4 is 5.32 Å². The number of nitrogens with one attached hydrogen (secondary N) is 1. The van der Waals surface area contributed by atoms with E-state index in [-0.39, 0.29) is 0 Å². The number of hydrogen-bond donors (Lipinski definition) is 1. The molecule has 1 N–H and O–H groups in total. The van der Waals surface area contributed by atoms with Gasteiger partial charge in [-0.2, -0.15) is 0 Å². The van der Waals surface area contributed by atoms with Crippen LogP contribution in [-0.2, 0) is 4.79 Å². The molecule has 12 heavy (non-hydrogen) atoms. The molecule has 0 unspecified atom stereocenters. The molecule has 0 heterocycles. The maximum absolute atomic E-state index is 10.0. The summed E-state index contributed by atoms with van der Waals surface area (Å²) in [6.45, 7) is 0. The Morgan fingerprint density at radius 1 is 1.17 bits per heavy atom. The molecule has 0 radical (unpaired) electrons. The Kier molecular flexibility index (Phi) is 6.45. The average molecular weight is 165 g/mol. The van der Waals surface area contributed by atoms with Crippen molar-refractivity contribution in [3.05, 3.63) is 35.9 Å². The van der Waals surface area contributed by atoms with Gasteiger partial charge in [0.25, 0.3) is 0 Å². The molecule has 0 saturated carbocycles. The molecular formula is C9H11NO2. The SMILES string of the molecule is CNC=O.O=Cc1ccccc1. The molecule has 3 nitrogen and oxygen atoms in total. The van der Waals surface area contributed by atoms with Crippen LogP contribution >= 0.6 is 0 Å². The van der Waals surface area contributed by atoms with Gasteiger partial charge in [0.1, 0.15) is 6.29 Å². The van der Waals surface area contributed by atoms with E-state index in [2.05, 4.69) is 5.32 Å². The molecule has 0 aliphatic rings. The summed E-state index contributed by atoms with van der Waals surface area (Å²) in [6.07, 6.45) is 1.46. The highest BCUT2D eigenvalue weighted by molar-refractivity contribution is 5.74. The van der Waals surface area contributed by atoms with Gasteiger partial charge in [-0.15, -0.1) is 0 Å². The first kappa shape index (κ1) is 10.4. The molecule has 1 rings (SSSR count). The number of rotatable bonds is 2. The first-order valence-corrected chi connectivity index (χ1v) is 3.46. The van der Waals surface area contributed by atoms with Gasteiger partial charge in [0.2, 0.25) is 6.41 Å². The van der Waals surface area contributed by atoms with E-state index in [4.69, 9.17) is 4.79 Å². The van der Waals surface area contributed by atoms with Crippen LogP contribution in [0.3, 0.4) is 0 Å². The van der Waals surface area contributed by atoms with Crippen LogP contribution in [-0.4, -0.2) is 19.7 Å². The minimum Gasteiger partial charge on any atom is -0.362 e. The van der Waals surface area contributed by atoms with Crippen LogP contribution in [0.25, 0.3) is 0 Å². The van der Waals surface area contributed by atoms with E-state index < -0.39 is 0 Å². The quantitative estimate of drug-likeness (QED) is 0.661. The van der Waals surface area contributed by atoms with E-state index in [1.54, 1.807) is 19.2 Å². The summed E-state index contributed by atoms with van der Waals surface area (Å²) in [5.74, 6) is 0. The fraction of sp³-hybridized carbons (Fsp3) is 0.111. The van der Waals surface area contributed by atoms with E-state index in [1.165, 1.54) is 0 Å². The standard InChI is InChI=1S/C7H6O.C2H5NO/c8-6-7-4-2-1-3-5-7;1-3-2-4/h1-6H;2H,1H3,(H,3,4). The van der Waals surface area contributed by atoms with Crippen molar-refractivity contribution in [3.8, 4) is 0 Å². The van der Waals surface area contributed by atoms with E-state index >= 15 is 0 Å². The second-order valence-corrected chi connectivity index (χ2v) is 1.94. The summed E-state index contributed by atoms with van der Waals surface area (Å²) in [6, 6.07) is 9.10. The summed E-state index contributed by atoms with van der Waals surface area (Å²) in [4.78, 5) is 19.1. The largest absolute Gasteiger partial charge is 0.362 e. The van der Waals surface area contributed by atoms with Crippen molar-refractivity contribution in [1.29, 1.82) is 0 Å². The molecule has 1 amide bonds. The molecular weight excluding hydrogens is 154 g/mol. The molecule has 64 valence electrons. The van der Waals surface area contributed by atoms with E-state index in [1.807, 2.05) is 18.2 Å². The third-order valence-corrected chi connectivity index (χ3v) is 1.05. The summed E-state index contributed by atoms with van der Waals surface area (Å²) >= 11 is 0. The van der Waals surface area contributed by atoms with Crippen molar-refractivity contribution < 1.29 is 9.59 Å². The van der Waals surface area contributed by atoms with Gasteiger partial charge in [0.05, 0.1) is 0 Å². The van der Waals surface area contributed by atoms with Crippen molar-refractivity contribution in [2.24, 2.45) is 0 Å². The van der Waals surface area contributed by atoms with Crippen molar-refractivity contribution in [2.75, 3.05) is 7.05 Å². The van der Waals surface area contributed by atoms with Gasteiger partial charge in [-0.25, -0.2) is 0 Å². The average Bonchev–Trinajstić information content (AvgIpc) is 2.19. The Bertz CT molecular complexity index is 221. The van der Waals surface area contributed by atoms with Crippen LogP contribution in [0, 0.1) is 0 Å². The Morgan fingerprint density at radius 2 is 1.67 bits per heavy atom. The molecule has 1 aromatic rings. The van der Waals surface area contributed by atoms with Crippen LogP contribution in [0.2, 0.25) is 0 Å². The smallest absolute Gasteiger partial charge is 0.206 e. The van der Waals surface area contributed by atoms with Crippen LogP contribution in [0.1, 0.15) is 10.4 Å². The first-order chi connectivity index (χ1) is 5.85. The van der Waals surface area contributed by atoms with Crippen molar-refractivity contribution in [3.63, 3.8) is 0 Å². The molecule has 0 bridgehead atoms. The predicted molar refractivity (Wildman–Crippen MR) is 47.0 cm³/mol. The molecule has 0 fully saturated rings. The van der Waals surface area contributed by atoms with Gasteiger partial charge in [-0.3, -0.25) is 9.59 Å². The summed E-state index contributed by atoms with van der Waals surface area (Å²) in [5.41, 5.74) is 0.729. The van der Waals surface area contributed by atoms with E-state index in [9.17, 15) is 4.79 Å². The Hall–Kier alpha value is -1.64. The summed E-state index contributed by atoms with van der Waals surface area (Å²) in [7, 11) is 1.56. The highest BCUT2D eigenvalue weighted by Gasteiger charge is 1.79. The third kappa shape index (κ3) is 5.17. The van der Waals surface area contributed by atoms with Gasteiger partial charge in [0.15, 0.2) is 0 Å². The normalized spacial score (nSPS) is 7.42. The number of hydrogen-bond acceptors (Lipinski definition) is 2. The molecule has 0 aromatic heterocycles. The van der Waals surface area contributed by atoms with Crippen molar-refractivity contribution in [1.82, 2.24) is 5.32 Å². The van der Waals surface area contributed by atoms with Gasteiger partial charge in [-0.05, 0) is 0 Å². The van der Waals surface area contributed by atoms with Crippen LogP contribution in [0.15, 0.2) is 30.3 Å². The topological polar surface area (TPSA) is 46.2 Å². The lowest BCUT2D eigenvalue weighted by molar-refractivity contribution is -0.109. The summed E-state index contributed by atoms with van der Waals surface area (Å²) < 4.78 is 0. The zero-order valence-corrected chi connectivity index (χ0v) is 6.86. The fourth-order valence-electron chi connectivity index (χ4n) is 0.532. The third-order valence-electron chi connectivity index (χ3n) is 1.05. The molecule has 0 saturated heterocycles. The van der Waals surface area contributed by atoms with Gasteiger partial charge < -0.3 is 5.32 Å².